The maximum Gasteiger partial charge on any atom is 0.177 e. The van der Waals surface area contributed by atoms with Crippen molar-refractivity contribution in [2.75, 3.05) is 0 Å². The average Bonchev–Trinajstić information content (AvgIpc) is 1.94. The van der Waals surface area contributed by atoms with Crippen LogP contribution in [0.3, 0.4) is 0 Å². The fourth-order valence-electron chi connectivity index (χ4n) is 0.497. The minimum Gasteiger partial charge on any atom is -0.222 e. The summed E-state index contributed by atoms with van der Waals surface area (Å²) in [5.74, 6) is -0.646. The van der Waals surface area contributed by atoms with Crippen LogP contribution in [-0.2, 0) is 0 Å². The first kappa shape index (κ1) is 6.97. The third kappa shape index (κ3) is 1.23. The Balaban J connectivity index is 3.25. The molecular formula is C6H2ClFN2. The van der Waals surface area contributed by atoms with Gasteiger partial charge in [0.15, 0.2) is 11.5 Å². The summed E-state index contributed by atoms with van der Waals surface area (Å²) in [6, 6.07) is 3.96. The molecule has 10 heavy (non-hydrogen) atoms. The van der Waals surface area contributed by atoms with Crippen molar-refractivity contribution in [2.24, 2.45) is 0 Å². The van der Waals surface area contributed by atoms with E-state index in [1.807, 2.05) is 0 Å². The van der Waals surface area contributed by atoms with Gasteiger partial charge in [0.1, 0.15) is 11.2 Å². The Hall–Kier alpha value is -1.14. The zero-order valence-corrected chi connectivity index (χ0v) is 5.56. The molecule has 1 rings (SSSR count). The Morgan fingerprint density at radius 1 is 1.60 bits per heavy atom. The summed E-state index contributed by atoms with van der Waals surface area (Å²) >= 11 is 5.37. The lowest BCUT2D eigenvalue weighted by atomic mass is 10.4. The van der Waals surface area contributed by atoms with Gasteiger partial charge in [0, 0.05) is 0 Å². The molecule has 0 amide bonds. The zero-order chi connectivity index (χ0) is 7.56. The Morgan fingerprint density at radius 3 is 2.80 bits per heavy atom. The molecule has 0 bridgehead atoms. The Morgan fingerprint density at radius 2 is 2.30 bits per heavy atom. The summed E-state index contributed by atoms with van der Waals surface area (Å²) in [5, 5.41) is 8.35. The smallest absolute Gasteiger partial charge is 0.177 e. The van der Waals surface area contributed by atoms with Gasteiger partial charge in [-0.1, -0.05) is 11.6 Å². The van der Waals surface area contributed by atoms with Crippen molar-refractivity contribution >= 4 is 11.6 Å². The Labute approximate surface area is 61.9 Å². The van der Waals surface area contributed by atoms with Crippen LogP contribution >= 0.6 is 11.6 Å². The van der Waals surface area contributed by atoms with Crippen molar-refractivity contribution in [3.63, 3.8) is 0 Å². The number of aromatic nitrogens is 1. The van der Waals surface area contributed by atoms with Gasteiger partial charge >= 0.3 is 0 Å². The molecule has 50 valence electrons. The quantitative estimate of drug-likeness (QED) is 0.537. The van der Waals surface area contributed by atoms with E-state index >= 15 is 0 Å². The molecule has 1 aromatic rings. The number of pyridine rings is 1. The molecule has 0 aromatic carbocycles. The highest BCUT2D eigenvalue weighted by atomic mass is 35.5. The molecular weight excluding hydrogens is 155 g/mol. The number of rotatable bonds is 0. The van der Waals surface area contributed by atoms with Crippen LogP contribution in [0.4, 0.5) is 4.39 Å². The van der Waals surface area contributed by atoms with Crippen LogP contribution in [0.25, 0.3) is 0 Å². The van der Waals surface area contributed by atoms with Gasteiger partial charge < -0.3 is 0 Å². The molecule has 0 N–H and O–H groups in total. The summed E-state index contributed by atoms with van der Waals surface area (Å²) in [7, 11) is 0. The van der Waals surface area contributed by atoms with Crippen LogP contribution in [0.2, 0.25) is 5.15 Å². The van der Waals surface area contributed by atoms with Gasteiger partial charge in [-0.3, -0.25) is 0 Å². The first-order valence-corrected chi connectivity index (χ1v) is 2.84. The maximum absolute atomic E-state index is 12.4. The van der Waals surface area contributed by atoms with Crippen LogP contribution < -0.4 is 0 Å². The van der Waals surface area contributed by atoms with Crippen LogP contribution in [-0.4, -0.2) is 4.98 Å². The second-order valence-corrected chi connectivity index (χ2v) is 1.96. The van der Waals surface area contributed by atoms with E-state index in [1.165, 1.54) is 6.07 Å². The van der Waals surface area contributed by atoms with Gasteiger partial charge in [-0.05, 0) is 12.1 Å². The second-order valence-electron chi connectivity index (χ2n) is 1.58. The maximum atomic E-state index is 12.4. The molecule has 0 atom stereocenters. The summed E-state index contributed by atoms with van der Waals surface area (Å²) in [6.07, 6.45) is 0. The van der Waals surface area contributed by atoms with Gasteiger partial charge in [-0.15, -0.1) is 0 Å². The van der Waals surface area contributed by atoms with Crippen molar-refractivity contribution in [1.29, 1.82) is 5.26 Å². The lowest BCUT2D eigenvalue weighted by molar-refractivity contribution is 0.616. The van der Waals surface area contributed by atoms with Crippen molar-refractivity contribution in [3.05, 3.63) is 28.8 Å². The lowest BCUT2D eigenvalue weighted by Gasteiger charge is -1.90. The van der Waals surface area contributed by atoms with E-state index in [2.05, 4.69) is 4.98 Å². The topological polar surface area (TPSA) is 36.7 Å². The van der Waals surface area contributed by atoms with Crippen molar-refractivity contribution in [1.82, 2.24) is 4.98 Å². The highest BCUT2D eigenvalue weighted by Crippen LogP contribution is 2.08. The molecule has 0 aliphatic heterocycles. The summed E-state index contributed by atoms with van der Waals surface area (Å²) < 4.78 is 12.4. The molecule has 0 fully saturated rings. The van der Waals surface area contributed by atoms with Crippen molar-refractivity contribution < 1.29 is 4.39 Å². The van der Waals surface area contributed by atoms with Crippen LogP contribution in [0.5, 0.6) is 0 Å². The number of nitriles is 1. The third-order valence-corrected chi connectivity index (χ3v) is 1.13. The van der Waals surface area contributed by atoms with E-state index in [-0.39, 0.29) is 10.8 Å². The van der Waals surface area contributed by atoms with Crippen LogP contribution in [0.1, 0.15) is 5.69 Å². The minimum atomic E-state index is -0.646. The van der Waals surface area contributed by atoms with Crippen LogP contribution in [0, 0.1) is 17.1 Å². The first-order valence-electron chi connectivity index (χ1n) is 2.46. The van der Waals surface area contributed by atoms with Gasteiger partial charge in [0.05, 0.1) is 0 Å². The van der Waals surface area contributed by atoms with Gasteiger partial charge in [0.25, 0.3) is 0 Å². The predicted molar refractivity (Wildman–Crippen MR) is 33.9 cm³/mol. The molecule has 0 saturated heterocycles. The SMILES string of the molecule is N#Cc1nc(Cl)ccc1F. The second kappa shape index (κ2) is 2.63. The zero-order valence-electron chi connectivity index (χ0n) is 4.81. The van der Waals surface area contributed by atoms with Gasteiger partial charge in [-0.2, -0.15) is 5.26 Å². The molecule has 0 saturated carbocycles. The van der Waals surface area contributed by atoms with E-state index in [0.29, 0.717) is 0 Å². The molecule has 0 aliphatic carbocycles. The number of hydrogen-bond acceptors (Lipinski definition) is 2. The molecule has 0 radical (unpaired) electrons. The minimum absolute atomic E-state index is 0.123. The van der Waals surface area contributed by atoms with E-state index in [9.17, 15) is 4.39 Å². The number of nitrogens with zero attached hydrogens (tertiary/aromatic N) is 2. The van der Waals surface area contributed by atoms with Gasteiger partial charge in [0.2, 0.25) is 0 Å². The van der Waals surface area contributed by atoms with E-state index in [1.54, 1.807) is 6.07 Å². The molecule has 0 spiro atoms. The van der Waals surface area contributed by atoms with E-state index in [0.717, 1.165) is 6.07 Å². The van der Waals surface area contributed by atoms with Gasteiger partial charge in [-0.25, -0.2) is 9.37 Å². The molecule has 1 aromatic heterocycles. The summed E-state index contributed by atoms with van der Waals surface area (Å²) in [5.41, 5.74) is -0.271. The Kier molecular flexibility index (Phi) is 1.83. The molecule has 4 heteroatoms. The van der Waals surface area contributed by atoms with E-state index in [4.69, 9.17) is 16.9 Å². The van der Waals surface area contributed by atoms with Crippen molar-refractivity contribution in [3.8, 4) is 6.07 Å². The summed E-state index contributed by atoms with van der Waals surface area (Å²) in [4.78, 5) is 3.42. The normalized spacial score (nSPS) is 8.90. The fourth-order valence-corrected chi connectivity index (χ4v) is 0.644. The monoisotopic (exact) mass is 156 g/mol. The average molecular weight is 157 g/mol. The molecule has 0 unspecified atom stereocenters. The standard InChI is InChI=1S/C6H2ClFN2/c7-6-2-1-4(8)5(3-9)10-6/h1-2H. The Bertz CT molecular complexity index is 292. The summed E-state index contributed by atoms with van der Waals surface area (Å²) in [6.45, 7) is 0. The molecule has 1 heterocycles. The predicted octanol–water partition coefficient (Wildman–Crippen LogP) is 1.75. The fraction of sp³-hybridized carbons (Fsp3) is 0. The number of hydrogen-bond donors (Lipinski definition) is 0. The highest BCUT2D eigenvalue weighted by molar-refractivity contribution is 6.29. The van der Waals surface area contributed by atoms with Crippen LogP contribution in [0.15, 0.2) is 12.1 Å². The molecule has 2 nitrogen and oxygen atoms in total. The highest BCUT2D eigenvalue weighted by Gasteiger charge is 2.01. The lowest BCUT2D eigenvalue weighted by Crippen LogP contribution is -1.87. The first-order chi connectivity index (χ1) is 4.74. The van der Waals surface area contributed by atoms with Crippen molar-refractivity contribution in [2.45, 2.75) is 0 Å². The largest absolute Gasteiger partial charge is 0.222 e. The number of halogens is 2. The third-order valence-electron chi connectivity index (χ3n) is 0.918. The molecule has 0 aliphatic rings. The van der Waals surface area contributed by atoms with E-state index < -0.39 is 5.82 Å².